The molecule has 0 aromatic heterocycles. The van der Waals surface area contributed by atoms with Gasteiger partial charge < -0.3 is 15.0 Å². The van der Waals surface area contributed by atoms with Gasteiger partial charge in [-0.3, -0.25) is 0 Å². The van der Waals surface area contributed by atoms with Gasteiger partial charge in [-0.05, 0) is 90.7 Å². The summed E-state index contributed by atoms with van der Waals surface area (Å²) in [6.07, 6.45) is 0.739. The number of aryl methyl sites for hydroxylation is 1. The zero-order chi connectivity index (χ0) is 26.8. The van der Waals surface area contributed by atoms with Gasteiger partial charge in [-0.25, -0.2) is 9.59 Å². The number of nitrogens with one attached hydrogen (secondary N) is 1. The van der Waals surface area contributed by atoms with Gasteiger partial charge >= 0.3 is 12.0 Å². The Labute approximate surface area is 232 Å². The summed E-state index contributed by atoms with van der Waals surface area (Å²) in [5, 5.41) is 6.47. The van der Waals surface area contributed by atoms with Crippen LogP contribution in [0.2, 0.25) is 10.0 Å². The van der Waals surface area contributed by atoms with Crippen LogP contribution in [0.3, 0.4) is 0 Å². The number of benzene rings is 4. The number of hydrogen-bond acceptors (Lipinski definition) is 3. The number of carbonyl (C=O) groups is 2. The lowest BCUT2D eigenvalue weighted by Gasteiger charge is -2.25. The molecule has 5 nitrogen and oxygen atoms in total. The van der Waals surface area contributed by atoms with Gasteiger partial charge in [0.15, 0.2) is 0 Å². The zero-order valence-corrected chi connectivity index (χ0v) is 22.7. The second kappa shape index (κ2) is 11.1. The third-order valence-corrected chi connectivity index (χ3v) is 7.41. The van der Waals surface area contributed by atoms with Crippen molar-refractivity contribution in [3.63, 3.8) is 0 Å². The van der Waals surface area contributed by atoms with Crippen LogP contribution >= 0.6 is 23.2 Å². The van der Waals surface area contributed by atoms with Crippen LogP contribution in [0.4, 0.5) is 10.5 Å². The second-order valence-electron chi connectivity index (χ2n) is 9.64. The number of esters is 1. The Balaban J connectivity index is 1.44. The predicted octanol–water partition coefficient (Wildman–Crippen LogP) is 8.39. The van der Waals surface area contributed by atoms with Crippen LogP contribution in [-0.4, -0.2) is 30.1 Å². The van der Waals surface area contributed by atoms with E-state index in [4.69, 9.17) is 27.9 Å². The third-order valence-electron chi connectivity index (χ3n) is 6.97. The Hall–Kier alpha value is -3.54. The molecular formula is C31H28Cl2N2O3. The fourth-order valence-corrected chi connectivity index (χ4v) is 5.66. The molecule has 2 atom stereocenters. The third kappa shape index (κ3) is 5.64. The highest BCUT2D eigenvalue weighted by Gasteiger charge is 2.37. The zero-order valence-electron chi connectivity index (χ0n) is 21.2. The largest absolute Gasteiger partial charge is 0.462 e. The lowest BCUT2D eigenvalue weighted by Crippen LogP contribution is -2.34. The fraction of sp³-hybridized carbons (Fsp3) is 0.226. The number of amides is 2. The molecule has 0 aliphatic carbocycles. The first-order valence-electron chi connectivity index (χ1n) is 12.6. The lowest BCUT2D eigenvalue weighted by atomic mass is 9.93. The standard InChI is InChI=1S/C31H28Cl2N2O3/c1-3-38-30(36)20-8-10-28(11-9-20)34-31(37)35-18-25(24-14-26(32)17-27(33)15-24)16-29(35)23-7-6-21-12-19(2)4-5-22(21)13-23/h4-15,17,25,29H,3,16,18H2,1-2H3,(H,34,37)/t25-,29-/m1/s1. The van der Waals surface area contributed by atoms with E-state index in [1.165, 1.54) is 10.9 Å². The van der Waals surface area contributed by atoms with Crippen LogP contribution in [0, 0.1) is 6.92 Å². The molecule has 0 spiro atoms. The average Bonchev–Trinajstić information content (AvgIpc) is 3.34. The Morgan fingerprint density at radius 2 is 1.58 bits per heavy atom. The van der Waals surface area contributed by atoms with Gasteiger partial charge in [0.05, 0.1) is 18.2 Å². The molecule has 0 bridgehead atoms. The molecule has 0 unspecified atom stereocenters. The average molecular weight is 547 g/mol. The van der Waals surface area contributed by atoms with Gasteiger partial charge in [0.25, 0.3) is 0 Å². The van der Waals surface area contributed by atoms with E-state index in [2.05, 4.69) is 48.6 Å². The molecule has 1 aliphatic rings. The Bertz CT molecular complexity index is 1480. The highest BCUT2D eigenvalue weighted by atomic mass is 35.5. The van der Waals surface area contributed by atoms with Crippen molar-refractivity contribution in [3.05, 3.63) is 111 Å². The highest BCUT2D eigenvalue weighted by molar-refractivity contribution is 6.34. The SMILES string of the molecule is CCOC(=O)c1ccc(NC(=O)N2C[C@H](c3cc(Cl)cc(Cl)c3)C[C@@H]2c2ccc3cc(C)ccc3c2)cc1. The molecule has 1 saturated heterocycles. The monoisotopic (exact) mass is 546 g/mol. The molecule has 0 saturated carbocycles. The van der Waals surface area contributed by atoms with Crippen LogP contribution in [-0.2, 0) is 4.74 Å². The number of ether oxygens (including phenoxy) is 1. The summed E-state index contributed by atoms with van der Waals surface area (Å²) in [5.74, 6) is -0.318. The van der Waals surface area contributed by atoms with E-state index in [0.717, 1.165) is 22.9 Å². The molecule has 1 aliphatic heterocycles. The van der Waals surface area contributed by atoms with Crippen molar-refractivity contribution in [2.75, 3.05) is 18.5 Å². The first-order chi connectivity index (χ1) is 18.3. The minimum atomic E-state index is -0.389. The number of carbonyl (C=O) groups excluding carboxylic acids is 2. The van der Waals surface area contributed by atoms with Crippen molar-refractivity contribution < 1.29 is 14.3 Å². The van der Waals surface area contributed by atoms with E-state index >= 15 is 0 Å². The molecule has 2 amide bonds. The number of urea groups is 1. The number of hydrogen-bond donors (Lipinski definition) is 1. The van der Waals surface area contributed by atoms with Crippen molar-refractivity contribution >= 4 is 51.7 Å². The summed E-state index contributed by atoms with van der Waals surface area (Å²) in [6, 6.07) is 24.7. The minimum absolute atomic E-state index is 0.0712. The van der Waals surface area contributed by atoms with E-state index in [1.54, 1.807) is 37.3 Å². The van der Waals surface area contributed by atoms with Crippen molar-refractivity contribution in [1.29, 1.82) is 0 Å². The normalized spacial score (nSPS) is 17.0. The van der Waals surface area contributed by atoms with E-state index in [-0.39, 0.29) is 24.0 Å². The molecule has 4 aromatic rings. The molecule has 0 radical (unpaired) electrons. The van der Waals surface area contributed by atoms with Crippen molar-refractivity contribution in [3.8, 4) is 0 Å². The Morgan fingerprint density at radius 1 is 0.895 bits per heavy atom. The van der Waals surface area contributed by atoms with Crippen LogP contribution in [0.5, 0.6) is 0 Å². The molecule has 1 fully saturated rings. The van der Waals surface area contributed by atoms with Gasteiger partial charge in [0.2, 0.25) is 0 Å². The van der Waals surface area contributed by atoms with Crippen molar-refractivity contribution in [2.24, 2.45) is 0 Å². The van der Waals surface area contributed by atoms with E-state index < -0.39 is 0 Å². The van der Waals surface area contributed by atoms with Crippen molar-refractivity contribution in [2.45, 2.75) is 32.2 Å². The molecule has 5 rings (SSSR count). The minimum Gasteiger partial charge on any atom is -0.462 e. The second-order valence-corrected chi connectivity index (χ2v) is 10.5. The van der Waals surface area contributed by atoms with Gasteiger partial charge in [-0.15, -0.1) is 0 Å². The summed E-state index contributed by atoms with van der Waals surface area (Å²) in [6.45, 7) is 4.66. The van der Waals surface area contributed by atoms with E-state index in [0.29, 0.717) is 34.4 Å². The number of halogens is 2. The van der Waals surface area contributed by atoms with E-state index in [9.17, 15) is 9.59 Å². The topological polar surface area (TPSA) is 58.6 Å². The van der Waals surface area contributed by atoms with Crippen LogP contribution in [0.25, 0.3) is 10.8 Å². The number of nitrogens with zero attached hydrogens (tertiary/aromatic N) is 1. The highest BCUT2D eigenvalue weighted by Crippen LogP contribution is 2.42. The van der Waals surface area contributed by atoms with Crippen LogP contribution in [0.1, 0.15) is 52.4 Å². The maximum absolute atomic E-state index is 13.6. The molecule has 1 heterocycles. The van der Waals surface area contributed by atoms with Gasteiger partial charge in [0, 0.05) is 28.2 Å². The number of likely N-dealkylation sites (tertiary alicyclic amines) is 1. The Morgan fingerprint density at radius 3 is 2.29 bits per heavy atom. The first-order valence-corrected chi connectivity index (χ1v) is 13.4. The maximum Gasteiger partial charge on any atom is 0.338 e. The molecule has 4 aromatic carbocycles. The molecule has 38 heavy (non-hydrogen) atoms. The summed E-state index contributed by atoms with van der Waals surface area (Å²) in [4.78, 5) is 27.5. The number of anilines is 1. The van der Waals surface area contributed by atoms with E-state index in [1.807, 2.05) is 17.0 Å². The van der Waals surface area contributed by atoms with Crippen LogP contribution < -0.4 is 5.32 Å². The molecular weight excluding hydrogens is 519 g/mol. The number of rotatable bonds is 5. The summed E-state index contributed by atoms with van der Waals surface area (Å²) in [5.41, 5.74) is 4.33. The molecule has 7 heteroatoms. The van der Waals surface area contributed by atoms with Crippen molar-refractivity contribution in [1.82, 2.24) is 4.90 Å². The first kappa shape index (κ1) is 26.1. The fourth-order valence-electron chi connectivity index (χ4n) is 5.12. The van der Waals surface area contributed by atoms with Gasteiger partial charge in [-0.2, -0.15) is 0 Å². The summed E-state index contributed by atoms with van der Waals surface area (Å²) >= 11 is 12.6. The smallest absolute Gasteiger partial charge is 0.338 e. The summed E-state index contributed by atoms with van der Waals surface area (Å²) < 4.78 is 5.05. The quantitative estimate of drug-likeness (QED) is 0.255. The number of fused-ring (bicyclic) bond motifs is 1. The molecule has 194 valence electrons. The Kier molecular flexibility index (Phi) is 7.59. The van der Waals surface area contributed by atoms with Crippen LogP contribution in [0.15, 0.2) is 78.9 Å². The van der Waals surface area contributed by atoms with Gasteiger partial charge in [-0.1, -0.05) is 59.1 Å². The molecule has 1 N–H and O–H groups in total. The lowest BCUT2D eigenvalue weighted by molar-refractivity contribution is 0.0526. The summed E-state index contributed by atoms with van der Waals surface area (Å²) in [7, 11) is 0. The maximum atomic E-state index is 13.6. The predicted molar refractivity (Wildman–Crippen MR) is 153 cm³/mol. The van der Waals surface area contributed by atoms with Gasteiger partial charge in [0.1, 0.15) is 0 Å².